The average molecular weight is 530 g/mol. The first-order valence-corrected chi connectivity index (χ1v) is 10.3. The van der Waals surface area contributed by atoms with E-state index >= 15 is 0 Å². The third-order valence-corrected chi connectivity index (χ3v) is 5.15. The highest BCUT2D eigenvalue weighted by atomic mass is 127. The summed E-state index contributed by atoms with van der Waals surface area (Å²) >= 11 is 0. The number of fused-ring (bicyclic) bond motifs is 2. The molecule has 0 aliphatic carbocycles. The second-order valence-electron chi connectivity index (χ2n) is 8.59. The van der Waals surface area contributed by atoms with E-state index in [4.69, 9.17) is 14.2 Å². The maximum absolute atomic E-state index is 12.4. The number of piperazine rings is 1. The molecule has 3 aliphatic heterocycles. The van der Waals surface area contributed by atoms with E-state index in [0.717, 1.165) is 36.0 Å². The van der Waals surface area contributed by atoms with Gasteiger partial charge in [0.25, 0.3) is 0 Å². The summed E-state index contributed by atoms with van der Waals surface area (Å²) in [5.41, 5.74) is 0.579. The second-order valence-corrected chi connectivity index (χ2v) is 8.59. The van der Waals surface area contributed by atoms with Gasteiger partial charge in [0.2, 0.25) is 0 Å². The summed E-state index contributed by atoms with van der Waals surface area (Å²) in [7, 11) is 0. The molecule has 3 aliphatic rings. The maximum atomic E-state index is 12.4. The monoisotopic (exact) mass is 530 g/mol. The fraction of sp³-hybridized carbons (Fsp3) is 0.619. The van der Waals surface area contributed by atoms with Crippen LogP contribution in [0.3, 0.4) is 0 Å². The van der Waals surface area contributed by atoms with Crippen LogP contribution in [0, 0.1) is 0 Å². The van der Waals surface area contributed by atoms with Crippen LogP contribution < -0.4 is 14.8 Å². The van der Waals surface area contributed by atoms with Crippen LogP contribution in [0.5, 0.6) is 11.5 Å². The van der Waals surface area contributed by atoms with E-state index in [1.165, 1.54) is 0 Å². The van der Waals surface area contributed by atoms with Crippen LogP contribution in [-0.4, -0.2) is 72.9 Å². The first-order valence-electron chi connectivity index (χ1n) is 10.3. The summed E-state index contributed by atoms with van der Waals surface area (Å²) in [6.45, 7) is 10.3. The van der Waals surface area contributed by atoms with Crippen LogP contribution in [0.25, 0.3) is 0 Å². The maximum Gasteiger partial charge on any atom is 0.410 e. The molecule has 9 heteroatoms. The fourth-order valence-corrected chi connectivity index (χ4v) is 3.79. The summed E-state index contributed by atoms with van der Waals surface area (Å²) < 4.78 is 17.2. The van der Waals surface area contributed by atoms with Crippen LogP contribution in [0.1, 0.15) is 32.8 Å². The Labute approximate surface area is 194 Å². The lowest BCUT2D eigenvalue weighted by Gasteiger charge is -2.39. The number of aliphatic imine (C=N–C) groups is 1. The number of para-hydroxylation sites is 1. The number of hydrogen-bond donors (Lipinski definition) is 1. The van der Waals surface area contributed by atoms with Crippen molar-refractivity contribution < 1.29 is 19.0 Å². The summed E-state index contributed by atoms with van der Waals surface area (Å²) in [6.07, 6.45) is 0.639. The van der Waals surface area contributed by atoms with Gasteiger partial charge in [0.15, 0.2) is 17.5 Å². The Kier molecular flexibility index (Phi) is 7.20. The van der Waals surface area contributed by atoms with Gasteiger partial charge in [-0.2, -0.15) is 0 Å². The molecule has 0 saturated carbocycles. The van der Waals surface area contributed by atoms with Gasteiger partial charge in [0.1, 0.15) is 5.60 Å². The summed E-state index contributed by atoms with van der Waals surface area (Å²) in [4.78, 5) is 21.1. The Morgan fingerprint density at radius 2 is 2.07 bits per heavy atom. The van der Waals surface area contributed by atoms with E-state index in [-0.39, 0.29) is 36.1 Å². The number of nitrogens with zero attached hydrogens (tertiary/aromatic N) is 3. The Morgan fingerprint density at radius 3 is 2.87 bits per heavy atom. The summed E-state index contributed by atoms with van der Waals surface area (Å²) in [6, 6.07) is 6.17. The molecule has 0 bridgehead atoms. The van der Waals surface area contributed by atoms with E-state index in [1.807, 2.05) is 39.0 Å². The molecule has 1 aromatic rings. The number of nitrogens with one attached hydrogen (secondary N) is 1. The SMILES string of the molecule is CC(C)(C)OC(=O)N1CCN2C(NCc3cccc4c3OCCCO4)=NCC2C1.I. The van der Waals surface area contributed by atoms with E-state index in [9.17, 15) is 4.79 Å². The third kappa shape index (κ3) is 5.22. The third-order valence-electron chi connectivity index (χ3n) is 5.15. The van der Waals surface area contributed by atoms with Gasteiger partial charge in [-0.3, -0.25) is 4.99 Å². The Bertz CT molecular complexity index is 796. The number of rotatable bonds is 2. The van der Waals surface area contributed by atoms with Crippen molar-refractivity contribution >= 4 is 36.0 Å². The highest BCUT2D eigenvalue weighted by molar-refractivity contribution is 14.0. The van der Waals surface area contributed by atoms with Gasteiger partial charge < -0.3 is 29.3 Å². The van der Waals surface area contributed by atoms with Gasteiger partial charge in [-0.05, 0) is 26.8 Å². The predicted molar refractivity (Wildman–Crippen MR) is 125 cm³/mol. The van der Waals surface area contributed by atoms with E-state index in [0.29, 0.717) is 39.4 Å². The molecule has 1 fully saturated rings. The van der Waals surface area contributed by atoms with Gasteiger partial charge in [-0.15, -0.1) is 24.0 Å². The van der Waals surface area contributed by atoms with Crippen molar-refractivity contribution in [3.63, 3.8) is 0 Å². The molecule has 1 saturated heterocycles. The van der Waals surface area contributed by atoms with Crippen LogP contribution in [0.2, 0.25) is 0 Å². The molecular weight excluding hydrogens is 499 g/mol. The van der Waals surface area contributed by atoms with Crippen molar-refractivity contribution in [2.24, 2.45) is 4.99 Å². The molecule has 0 radical (unpaired) electrons. The quantitative estimate of drug-likeness (QED) is 0.593. The van der Waals surface area contributed by atoms with Crippen molar-refractivity contribution in [1.29, 1.82) is 0 Å². The lowest BCUT2D eigenvalue weighted by atomic mass is 10.1. The van der Waals surface area contributed by atoms with Gasteiger partial charge in [-0.1, -0.05) is 12.1 Å². The van der Waals surface area contributed by atoms with Gasteiger partial charge >= 0.3 is 6.09 Å². The largest absolute Gasteiger partial charge is 0.490 e. The Hall–Kier alpha value is -1.91. The zero-order valence-corrected chi connectivity index (χ0v) is 20.2. The molecule has 0 spiro atoms. The van der Waals surface area contributed by atoms with Crippen molar-refractivity contribution in [3.05, 3.63) is 23.8 Å². The minimum atomic E-state index is -0.480. The number of ether oxygens (including phenoxy) is 3. The smallest absolute Gasteiger partial charge is 0.410 e. The molecule has 1 atom stereocenters. The van der Waals surface area contributed by atoms with Crippen molar-refractivity contribution in [2.75, 3.05) is 39.4 Å². The molecule has 1 N–H and O–H groups in total. The van der Waals surface area contributed by atoms with Gasteiger partial charge in [-0.25, -0.2) is 4.79 Å². The number of carbonyl (C=O) groups is 1. The number of amides is 1. The second kappa shape index (κ2) is 9.49. The van der Waals surface area contributed by atoms with E-state index < -0.39 is 5.60 Å². The molecule has 4 rings (SSSR count). The normalized spacial score (nSPS) is 20.5. The first kappa shape index (κ1) is 22.8. The summed E-state index contributed by atoms with van der Waals surface area (Å²) in [5, 5.41) is 3.46. The molecule has 166 valence electrons. The number of carbonyl (C=O) groups excluding carboxylic acids is 1. The van der Waals surface area contributed by atoms with Crippen molar-refractivity contribution in [2.45, 2.75) is 45.4 Å². The molecule has 0 aromatic heterocycles. The van der Waals surface area contributed by atoms with Gasteiger partial charge in [0, 0.05) is 38.2 Å². The standard InChI is InChI=1S/C21H30N4O4.HI/c1-21(2,3)29-20(26)24-8-9-25-16(14-24)13-23-19(25)22-12-15-6-4-7-17-18(15)28-11-5-10-27-17;/h4,6-7,16H,5,8-14H2,1-3H3,(H,22,23);1H. The predicted octanol–water partition coefficient (Wildman–Crippen LogP) is 2.85. The fourth-order valence-electron chi connectivity index (χ4n) is 3.79. The highest BCUT2D eigenvalue weighted by Crippen LogP contribution is 2.33. The molecule has 1 aromatic carbocycles. The molecule has 1 unspecified atom stereocenters. The average Bonchev–Trinajstić information content (AvgIpc) is 2.91. The zero-order chi connectivity index (χ0) is 20.4. The molecule has 30 heavy (non-hydrogen) atoms. The number of hydrogen-bond acceptors (Lipinski definition) is 7. The lowest BCUT2D eigenvalue weighted by Crippen LogP contribution is -2.57. The van der Waals surface area contributed by atoms with Crippen molar-refractivity contribution in [1.82, 2.24) is 15.1 Å². The van der Waals surface area contributed by atoms with Crippen LogP contribution >= 0.6 is 24.0 Å². The Morgan fingerprint density at radius 1 is 1.27 bits per heavy atom. The van der Waals surface area contributed by atoms with Crippen molar-refractivity contribution in [3.8, 4) is 11.5 Å². The van der Waals surface area contributed by atoms with Crippen LogP contribution in [-0.2, 0) is 11.3 Å². The van der Waals surface area contributed by atoms with E-state index in [1.54, 1.807) is 4.90 Å². The molecular formula is C21H31IN4O4. The molecule has 1 amide bonds. The topological polar surface area (TPSA) is 75.6 Å². The highest BCUT2D eigenvalue weighted by Gasteiger charge is 2.36. The van der Waals surface area contributed by atoms with Gasteiger partial charge in [0.05, 0.1) is 25.8 Å². The van der Waals surface area contributed by atoms with Crippen LogP contribution in [0.4, 0.5) is 4.79 Å². The van der Waals surface area contributed by atoms with E-state index in [2.05, 4.69) is 15.2 Å². The minimum absolute atomic E-state index is 0. The number of guanidine groups is 1. The lowest BCUT2D eigenvalue weighted by molar-refractivity contribution is 0.0137. The number of halogens is 1. The van der Waals surface area contributed by atoms with Crippen LogP contribution in [0.15, 0.2) is 23.2 Å². The molecule has 8 nitrogen and oxygen atoms in total. The zero-order valence-electron chi connectivity index (χ0n) is 17.8. The minimum Gasteiger partial charge on any atom is -0.490 e. The first-order chi connectivity index (χ1) is 13.9. The Balaban J connectivity index is 0.00000256. The molecule has 3 heterocycles. The summed E-state index contributed by atoms with van der Waals surface area (Å²) in [5.74, 6) is 2.51. The number of benzene rings is 1.